The zero-order valence-electron chi connectivity index (χ0n) is 9.60. The Morgan fingerprint density at radius 3 is 3.00 bits per heavy atom. The van der Waals surface area contributed by atoms with Crippen LogP contribution in [0.5, 0.6) is 0 Å². The average Bonchev–Trinajstić information content (AvgIpc) is 2.69. The summed E-state index contributed by atoms with van der Waals surface area (Å²) >= 11 is 1.64. The molecule has 0 aliphatic rings. The first-order valence-corrected chi connectivity index (χ1v) is 6.14. The summed E-state index contributed by atoms with van der Waals surface area (Å²) in [5, 5.41) is 17.9. The summed E-state index contributed by atoms with van der Waals surface area (Å²) in [6.45, 7) is 4.78. The van der Waals surface area contributed by atoms with E-state index in [1.807, 2.05) is 12.3 Å². The van der Waals surface area contributed by atoms with E-state index in [1.54, 1.807) is 11.3 Å². The first-order valence-electron chi connectivity index (χ1n) is 5.26. The number of aryl methyl sites for hydroxylation is 1. The zero-order chi connectivity index (χ0) is 12.0. The van der Waals surface area contributed by atoms with E-state index >= 15 is 0 Å². The largest absolute Gasteiger partial charge is 0.409 e. The van der Waals surface area contributed by atoms with Gasteiger partial charge in [0.2, 0.25) is 0 Å². The fraction of sp³-hybridized carbons (Fsp3) is 0.600. The molecule has 0 saturated carbocycles. The predicted octanol–water partition coefficient (Wildman–Crippen LogP) is 1.46. The summed E-state index contributed by atoms with van der Waals surface area (Å²) in [5.74, 6) is 0.258. The molecule has 0 aliphatic carbocycles. The van der Waals surface area contributed by atoms with Crippen LogP contribution in [0.25, 0.3) is 0 Å². The van der Waals surface area contributed by atoms with Gasteiger partial charge in [0.25, 0.3) is 0 Å². The molecule has 0 aliphatic heterocycles. The Balaban J connectivity index is 2.39. The van der Waals surface area contributed by atoms with Crippen LogP contribution >= 0.6 is 11.3 Å². The number of rotatable bonds is 6. The lowest BCUT2D eigenvalue weighted by molar-refractivity contribution is 0.315. The molecule has 4 N–H and O–H groups in total. The zero-order valence-corrected chi connectivity index (χ0v) is 10.4. The second kappa shape index (κ2) is 6.44. The van der Waals surface area contributed by atoms with E-state index in [4.69, 9.17) is 10.9 Å². The van der Waals surface area contributed by atoms with Gasteiger partial charge in [-0.2, -0.15) is 0 Å². The van der Waals surface area contributed by atoms with Crippen LogP contribution in [0.3, 0.4) is 0 Å². The highest BCUT2D eigenvalue weighted by molar-refractivity contribution is 7.09. The number of hydrogen-bond acceptors (Lipinski definition) is 5. The van der Waals surface area contributed by atoms with Gasteiger partial charge in [-0.25, -0.2) is 4.98 Å². The van der Waals surface area contributed by atoms with E-state index in [0.29, 0.717) is 6.42 Å². The van der Waals surface area contributed by atoms with Crippen molar-refractivity contribution in [2.45, 2.75) is 39.3 Å². The van der Waals surface area contributed by atoms with E-state index in [1.165, 1.54) is 0 Å². The second-order valence-corrected chi connectivity index (χ2v) is 4.70. The Kier molecular flexibility index (Phi) is 5.21. The molecule has 6 heteroatoms. The summed E-state index contributed by atoms with van der Waals surface area (Å²) in [6, 6.07) is 0.220. The Morgan fingerprint density at radius 2 is 2.50 bits per heavy atom. The normalized spacial score (nSPS) is 14.0. The minimum absolute atomic E-state index is 0.220. The Bertz CT molecular complexity index is 350. The van der Waals surface area contributed by atoms with Crippen molar-refractivity contribution in [3.63, 3.8) is 0 Å². The van der Waals surface area contributed by atoms with E-state index in [0.717, 1.165) is 23.7 Å². The quantitative estimate of drug-likeness (QED) is 0.305. The molecule has 5 nitrogen and oxygen atoms in total. The van der Waals surface area contributed by atoms with Crippen LogP contribution in [0.4, 0.5) is 0 Å². The highest BCUT2D eigenvalue weighted by Gasteiger charge is 2.09. The number of amidine groups is 1. The van der Waals surface area contributed by atoms with Gasteiger partial charge in [0.05, 0.1) is 10.7 Å². The van der Waals surface area contributed by atoms with Crippen molar-refractivity contribution in [1.82, 2.24) is 10.3 Å². The van der Waals surface area contributed by atoms with Crippen molar-refractivity contribution in [3.8, 4) is 0 Å². The number of nitrogens with one attached hydrogen (secondary N) is 1. The van der Waals surface area contributed by atoms with Crippen LogP contribution in [0, 0.1) is 6.92 Å². The van der Waals surface area contributed by atoms with Crippen LogP contribution in [0.2, 0.25) is 0 Å². The third kappa shape index (κ3) is 4.16. The van der Waals surface area contributed by atoms with Crippen molar-refractivity contribution in [2.75, 3.05) is 0 Å². The third-order valence-corrected chi connectivity index (χ3v) is 3.14. The fourth-order valence-corrected chi connectivity index (χ4v) is 2.01. The maximum absolute atomic E-state index is 8.49. The van der Waals surface area contributed by atoms with Crippen molar-refractivity contribution in [3.05, 3.63) is 16.1 Å². The van der Waals surface area contributed by atoms with E-state index in [-0.39, 0.29) is 11.9 Å². The first kappa shape index (κ1) is 12.9. The predicted molar refractivity (Wildman–Crippen MR) is 65.8 cm³/mol. The molecule has 0 aromatic carbocycles. The maximum Gasteiger partial charge on any atom is 0.140 e. The van der Waals surface area contributed by atoms with Gasteiger partial charge in [0, 0.05) is 24.4 Å². The molecule has 0 spiro atoms. The molecule has 0 saturated heterocycles. The highest BCUT2D eigenvalue weighted by Crippen LogP contribution is 2.08. The fourth-order valence-electron chi connectivity index (χ4n) is 1.39. The second-order valence-electron chi connectivity index (χ2n) is 3.64. The topological polar surface area (TPSA) is 83.5 Å². The third-order valence-electron chi connectivity index (χ3n) is 2.32. The number of thiazole rings is 1. The summed E-state index contributed by atoms with van der Waals surface area (Å²) in [6.07, 6.45) is 1.48. The maximum atomic E-state index is 8.49. The Labute approximate surface area is 99.4 Å². The van der Waals surface area contributed by atoms with Crippen LogP contribution in [-0.4, -0.2) is 22.1 Å². The molecule has 1 atom stereocenters. The van der Waals surface area contributed by atoms with Gasteiger partial charge in [-0.15, -0.1) is 11.3 Å². The van der Waals surface area contributed by atoms with Gasteiger partial charge in [0.15, 0.2) is 0 Å². The molecule has 1 rings (SSSR count). The van der Waals surface area contributed by atoms with Gasteiger partial charge in [-0.1, -0.05) is 12.1 Å². The molecule has 0 fully saturated rings. The lowest BCUT2D eigenvalue weighted by Gasteiger charge is -2.14. The summed E-state index contributed by atoms with van der Waals surface area (Å²) in [5.41, 5.74) is 6.51. The van der Waals surface area contributed by atoms with Gasteiger partial charge >= 0.3 is 0 Å². The summed E-state index contributed by atoms with van der Waals surface area (Å²) < 4.78 is 0. The molecule has 1 aromatic heterocycles. The van der Waals surface area contributed by atoms with Gasteiger partial charge in [-0.3, -0.25) is 0 Å². The van der Waals surface area contributed by atoms with E-state index < -0.39 is 0 Å². The minimum Gasteiger partial charge on any atom is -0.409 e. The van der Waals surface area contributed by atoms with Gasteiger partial charge in [-0.05, 0) is 13.3 Å². The van der Waals surface area contributed by atoms with E-state index in [9.17, 15) is 0 Å². The molecule has 0 bridgehead atoms. The lowest BCUT2D eigenvalue weighted by atomic mass is 10.1. The number of aromatic nitrogens is 1. The van der Waals surface area contributed by atoms with Crippen LogP contribution in [0.15, 0.2) is 10.5 Å². The van der Waals surface area contributed by atoms with Crippen LogP contribution in [-0.2, 0) is 6.54 Å². The van der Waals surface area contributed by atoms with Gasteiger partial charge < -0.3 is 16.3 Å². The molecule has 1 aromatic rings. The number of hydrogen-bond donors (Lipinski definition) is 3. The first-order chi connectivity index (χ1) is 7.65. The number of nitrogens with two attached hydrogens (primary N) is 1. The van der Waals surface area contributed by atoms with Crippen LogP contribution < -0.4 is 11.1 Å². The molecule has 1 unspecified atom stereocenters. The molecule has 1 heterocycles. The van der Waals surface area contributed by atoms with Crippen LogP contribution in [0.1, 0.15) is 30.5 Å². The Morgan fingerprint density at radius 1 is 1.75 bits per heavy atom. The molecule has 90 valence electrons. The van der Waals surface area contributed by atoms with Crippen molar-refractivity contribution in [1.29, 1.82) is 0 Å². The van der Waals surface area contributed by atoms with Gasteiger partial charge in [0.1, 0.15) is 5.84 Å². The average molecular weight is 242 g/mol. The van der Waals surface area contributed by atoms with Crippen molar-refractivity contribution in [2.24, 2.45) is 10.9 Å². The van der Waals surface area contributed by atoms with Crippen molar-refractivity contribution < 1.29 is 5.21 Å². The minimum atomic E-state index is 0.220. The lowest BCUT2D eigenvalue weighted by Crippen LogP contribution is -2.32. The monoisotopic (exact) mass is 242 g/mol. The standard InChI is InChI=1S/C10H18N4OS/c1-3-8(4-10(11)14-15)12-5-9-6-16-7(2)13-9/h6,8,12,15H,3-5H2,1-2H3,(H2,11,14). The molecule has 0 radical (unpaired) electrons. The smallest absolute Gasteiger partial charge is 0.140 e. The number of nitrogens with zero attached hydrogens (tertiary/aromatic N) is 2. The molecule has 16 heavy (non-hydrogen) atoms. The molecular weight excluding hydrogens is 224 g/mol. The summed E-state index contributed by atoms with van der Waals surface area (Å²) in [4.78, 5) is 4.36. The molecular formula is C10H18N4OS. The summed E-state index contributed by atoms with van der Waals surface area (Å²) in [7, 11) is 0. The van der Waals surface area contributed by atoms with Crippen molar-refractivity contribution >= 4 is 17.2 Å². The van der Waals surface area contributed by atoms with E-state index in [2.05, 4.69) is 22.4 Å². The highest BCUT2D eigenvalue weighted by atomic mass is 32.1. The number of oxime groups is 1. The molecule has 0 amide bonds. The SMILES string of the molecule is CCC(CC(N)=NO)NCc1csc(C)n1. The Hall–Kier alpha value is -1.14.